The minimum Gasteiger partial charge on any atom is -0.456 e. The molecule has 0 radical (unpaired) electrons. The number of hydrogen-bond donors (Lipinski definition) is 1. The van der Waals surface area contributed by atoms with Gasteiger partial charge in [0.15, 0.2) is 5.65 Å². The SMILES string of the molecule is COCC(C)OC(=O)c1c(N)n(CCCN(C)C)c2nc3ccccc3nc12. The maximum Gasteiger partial charge on any atom is 0.344 e. The number of benzene rings is 1. The first-order valence-electron chi connectivity index (χ1n) is 9.31. The van der Waals surface area contributed by atoms with Crippen molar-refractivity contribution in [2.75, 3.05) is 40.1 Å². The fourth-order valence-electron chi connectivity index (χ4n) is 3.20. The number of nitrogens with two attached hydrogens (primary N) is 1. The molecule has 0 aliphatic carbocycles. The highest BCUT2D eigenvalue weighted by Crippen LogP contribution is 2.29. The predicted octanol–water partition coefficient (Wildman–Crippen LogP) is 2.31. The van der Waals surface area contributed by atoms with Gasteiger partial charge in [0, 0.05) is 13.7 Å². The molecule has 8 nitrogen and oxygen atoms in total. The molecule has 2 aromatic heterocycles. The lowest BCUT2D eigenvalue weighted by molar-refractivity contribution is 0.0123. The Kier molecular flexibility index (Phi) is 6.11. The second-order valence-corrected chi connectivity index (χ2v) is 7.12. The fraction of sp³-hybridized carbons (Fsp3) is 0.450. The molecule has 3 aromatic rings. The number of esters is 1. The molecule has 28 heavy (non-hydrogen) atoms. The average molecular weight is 385 g/mol. The molecule has 1 unspecified atom stereocenters. The molecule has 1 aromatic carbocycles. The van der Waals surface area contributed by atoms with E-state index in [0.717, 1.165) is 18.5 Å². The molecule has 2 heterocycles. The van der Waals surface area contributed by atoms with Crippen molar-refractivity contribution in [1.82, 2.24) is 19.4 Å². The van der Waals surface area contributed by atoms with E-state index in [-0.39, 0.29) is 5.56 Å². The van der Waals surface area contributed by atoms with Crippen molar-refractivity contribution < 1.29 is 14.3 Å². The van der Waals surface area contributed by atoms with Gasteiger partial charge in [-0.15, -0.1) is 0 Å². The number of nitrogen functional groups attached to an aromatic ring is 1. The van der Waals surface area contributed by atoms with Crippen LogP contribution in [0.2, 0.25) is 0 Å². The van der Waals surface area contributed by atoms with Crippen LogP contribution in [0.15, 0.2) is 24.3 Å². The Morgan fingerprint density at radius 2 is 1.93 bits per heavy atom. The first-order valence-corrected chi connectivity index (χ1v) is 9.31. The Morgan fingerprint density at radius 3 is 2.57 bits per heavy atom. The number of para-hydroxylation sites is 2. The quantitative estimate of drug-likeness (QED) is 0.595. The van der Waals surface area contributed by atoms with E-state index in [1.165, 1.54) is 0 Å². The van der Waals surface area contributed by atoms with E-state index in [0.29, 0.717) is 35.7 Å². The maximum atomic E-state index is 12.8. The summed E-state index contributed by atoms with van der Waals surface area (Å²) < 4.78 is 12.4. The van der Waals surface area contributed by atoms with E-state index in [9.17, 15) is 4.79 Å². The van der Waals surface area contributed by atoms with Gasteiger partial charge in [-0.05, 0) is 46.1 Å². The molecule has 0 fully saturated rings. The molecule has 0 bridgehead atoms. The molecule has 0 saturated heterocycles. The summed E-state index contributed by atoms with van der Waals surface area (Å²) >= 11 is 0. The molecule has 150 valence electrons. The van der Waals surface area contributed by atoms with Gasteiger partial charge in [-0.25, -0.2) is 14.8 Å². The zero-order valence-corrected chi connectivity index (χ0v) is 16.8. The number of aryl methyl sites for hydroxylation is 1. The summed E-state index contributed by atoms with van der Waals surface area (Å²) in [5.41, 5.74) is 9.18. The fourth-order valence-corrected chi connectivity index (χ4v) is 3.20. The van der Waals surface area contributed by atoms with Crippen LogP contribution in [-0.4, -0.2) is 65.9 Å². The zero-order chi connectivity index (χ0) is 20.3. The lowest BCUT2D eigenvalue weighted by atomic mass is 10.2. The van der Waals surface area contributed by atoms with Gasteiger partial charge in [-0.3, -0.25) is 0 Å². The summed E-state index contributed by atoms with van der Waals surface area (Å²) in [6.07, 6.45) is 0.474. The predicted molar refractivity (Wildman–Crippen MR) is 109 cm³/mol. The summed E-state index contributed by atoms with van der Waals surface area (Å²) in [6.45, 7) is 3.61. The molecule has 0 aliphatic rings. The lowest BCUT2D eigenvalue weighted by Crippen LogP contribution is -2.20. The van der Waals surface area contributed by atoms with Crippen LogP contribution < -0.4 is 5.73 Å². The largest absolute Gasteiger partial charge is 0.456 e. The zero-order valence-electron chi connectivity index (χ0n) is 16.8. The number of aromatic nitrogens is 3. The van der Waals surface area contributed by atoms with Crippen molar-refractivity contribution in [1.29, 1.82) is 0 Å². The number of nitrogens with zero attached hydrogens (tertiary/aromatic N) is 4. The molecule has 0 aliphatic heterocycles. The molecule has 3 rings (SSSR count). The van der Waals surface area contributed by atoms with Crippen molar-refractivity contribution >= 4 is 34.0 Å². The van der Waals surface area contributed by atoms with E-state index in [1.54, 1.807) is 14.0 Å². The van der Waals surface area contributed by atoms with Gasteiger partial charge in [0.1, 0.15) is 23.0 Å². The summed E-state index contributed by atoms with van der Waals surface area (Å²) in [5, 5.41) is 0. The highest BCUT2D eigenvalue weighted by molar-refractivity contribution is 6.08. The number of methoxy groups -OCH3 is 1. The van der Waals surface area contributed by atoms with Gasteiger partial charge in [0.25, 0.3) is 0 Å². The molecule has 1 atom stereocenters. The molecular formula is C20H27N5O3. The minimum atomic E-state index is -0.511. The third-order valence-corrected chi connectivity index (χ3v) is 4.49. The first-order chi connectivity index (χ1) is 13.4. The van der Waals surface area contributed by atoms with Crippen LogP contribution in [0.5, 0.6) is 0 Å². The number of ether oxygens (including phenoxy) is 2. The first kappa shape index (κ1) is 20.0. The number of fused-ring (bicyclic) bond motifs is 2. The molecule has 0 saturated carbocycles. The van der Waals surface area contributed by atoms with Gasteiger partial charge in [0.05, 0.1) is 17.6 Å². The third-order valence-electron chi connectivity index (χ3n) is 4.49. The lowest BCUT2D eigenvalue weighted by Gasteiger charge is -2.13. The van der Waals surface area contributed by atoms with Crippen LogP contribution >= 0.6 is 0 Å². The van der Waals surface area contributed by atoms with Crippen molar-refractivity contribution in [3.63, 3.8) is 0 Å². The Bertz CT molecular complexity index is 983. The Hall–Kier alpha value is -2.71. The van der Waals surface area contributed by atoms with E-state index in [1.807, 2.05) is 42.9 Å². The van der Waals surface area contributed by atoms with Crippen molar-refractivity contribution in [2.45, 2.75) is 26.0 Å². The highest BCUT2D eigenvalue weighted by Gasteiger charge is 2.26. The molecule has 0 spiro atoms. The van der Waals surface area contributed by atoms with Gasteiger partial charge in [-0.2, -0.15) is 0 Å². The maximum absolute atomic E-state index is 12.8. The Balaban J connectivity index is 2.09. The van der Waals surface area contributed by atoms with Gasteiger partial charge < -0.3 is 24.7 Å². The molecule has 0 amide bonds. The summed E-state index contributed by atoms with van der Waals surface area (Å²) in [6, 6.07) is 7.56. The van der Waals surface area contributed by atoms with Crippen molar-refractivity contribution in [3.05, 3.63) is 29.8 Å². The van der Waals surface area contributed by atoms with Crippen LogP contribution in [0.4, 0.5) is 5.82 Å². The van der Waals surface area contributed by atoms with Gasteiger partial charge >= 0.3 is 5.97 Å². The van der Waals surface area contributed by atoms with E-state index in [4.69, 9.17) is 20.2 Å². The number of hydrogen-bond acceptors (Lipinski definition) is 7. The minimum absolute atomic E-state index is 0.265. The van der Waals surface area contributed by atoms with Gasteiger partial charge in [-0.1, -0.05) is 12.1 Å². The Labute approximate surface area is 164 Å². The average Bonchev–Trinajstić information content (AvgIpc) is 2.90. The standard InChI is InChI=1S/C20H27N5O3/c1-13(12-27-4)28-20(26)16-17-19(23-15-9-6-5-8-14(15)22-17)25(18(16)21)11-7-10-24(2)3/h5-6,8-9,13H,7,10-12,21H2,1-4H3. The van der Waals surface area contributed by atoms with Crippen LogP contribution in [0.3, 0.4) is 0 Å². The van der Waals surface area contributed by atoms with E-state index < -0.39 is 12.1 Å². The van der Waals surface area contributed by atoms with Crippen molar-refractivity contribution in [2.24, 2.45) is 0 Å². The topological polar surface area (TPSA) is 95.5 Å². The van der Waals surface area contributed by atoms with E-state index in [2.05, 4.69) is 9.88 Å². The number of anilines is 1. The normalized spacial score (nSPS) is 12.8. The van der Waals surface area contributed by atoms with E-state index >= 15 is 0 Å². The molecular weight excluding hydrogens is 358 g/mol. The van der Waals surface area contributed by atoms with Crippen LogP contribution in [0.25, 0.3) is 22.2 Å². The number of rotatable bonds is 8. The summed E-state index contributed by atoms with van der Waals surface area (Å²) in [5.74, 6) is -0.179. The van der Waals surface area contributed by atoms with Crippen molar-refractivity contribution in [3.8, 4) is 0 Å². The van der Waals surface area contributed by atoms with Crippen LogP contribution in [0.1, 0.15) is 23.7 Å². The molecule has 8 heteroatoms. The monoisotopic (exact) mass is 385 g/mol. The highest BCUT2D eigenvalue weighted by atomic mass is 16.6. The van der Waals surface area contributed by atoms with Crippen LogP contribution in [-0.2, 0) is 16.0 Å². The number of carbonyl (C=O) groups excluding carboxylic acids is 1. The third kappa shape index (κ3) is 4.07. The summed E-state index contributed by atoms with van der Waals surface area (Å²) in [7, 11) is 5.60. The smallest absolute Gasteiger partial charge is 0.344 e. The second-order valence-electron chi connectivity index (χ2n) is 7.12. The van der Waals surface area contributed by atoms with Crippen LogP contribution in [0, 0.1) is 0 Å². The number of carbonyl (C=O) groups is 1. The summed E-state index contributed by atoms with van der Waals surface area (Å²) in [4.78, 5) is 24.4. The van der Waals surface area contributed by atoms with Gasteiger partial charge in [0.2, 0.25) is 0 Å². The molecule has 2 N–H and O–H groups in total. The Morgan fingerprint density at radius 1 is 1.25 bits per heavy atom. The second kappa shape index (κ2) is 8.53.